The maximum Gasteiger partial charge on any atom is 0.296 e. The predicted molar refractivity (Wildman–Crippen MR) is 264 cm³/mol. The van der Waals surface area contributed by atoms with E-state index in [9.17, 15) is 57.0 Å². The van der Waals surface area contributed by atoms with E-state index in [1.807, 2.05) is 30.3 Å². The van der Waals surface area contributed by atoms with Gasteiger partial charge in [-0.2, -0.15) is 33.7 Å². The van der Waals surface area contributed by atoms with E-state index in [1.165, 1.54) is 36.4 Å². The van der Waals surface area contributed by atoms with Crippen LogP contribution < -0.4 is 5.32 Å². The second-order valence-electron chi connectivity index (χ2n) is 14.1. The minimum absolute atomic E-state index is 0. The summed E-state index contributed by atoms with van der Waals surface area (Å²) in [6.45, 7) is 0. The van der Waals surface area contributed by atoms with Crippen molar-refractivity contribution in [2.24, 2.45) is 30.7 Å². The van der Waals surface area contributed by atoms with Gasteiger partial charge in [0.15, 0.2) is 5.75 Å². The Labute approximate surface area is 488 Å². The van der Waals surface area contributed by atoms with Crippen LogP contribution in [0.25, 0.3) is 32.3 Å². The Kier molecular flexibility index (Phi) is 20.0. The third-order valence-corrected chi connectivity index (χ3v) is 13.3. The molecule has 0 atom stereocenters. The van der Waals surface area contributed by atoms with Gasteiger partial charge in [-0.1, -0.05) is 48.5 Å². The summed E-state index contributed by atoms with van der Waals surface area (Å²) >= 11 is 0. The third-order valence-electron chi connectivity index (χ3n) is 9.80. The molecule has 0 aromatic heterocycles. The molecule has 0 aliphatic rings. The standard InChI is InChI=1S/C42H29N7O13S4.4Na/c50-42-29-13-10-26(43-25-6-2-1-3-7-25)20-24(29)21-40(66(60,61)62)41(42)49-47-36-17-18-37(33-22-27(63(51,52)53)11-14-32(33)36)46-44-34-15-16-35(31-9-5-4-8-30(31)34)45-48-38-23-28(64(54,55)56)12-19-39(38)65(57,58)59;;;;/h1-23,43,50H,(H,51,52,53)(H,54,55,56)(H,57,58,59)(H,60,61,62);;;;. The number of aromatic hydroxyl groups is 1. The molecule has 0 amide bonds. The summed E-state index contributed by atoms with van der Waals surface area (Å²) in [4.78, 5) is -2.78. The summed E-state index contributed by atoms with van der Waals surface area (Å²) in [5.74, 6) is -0.618. The Morgan fingerprint density at radius 2 is 0.800 bits per heavy atom. The van der Waals surface area contributed by atoms with Crippen LogP contribution in [0.4, 0.5) is 45.5 Å². The zero-order chi connectivity index (χ0) is 47.2. The first-order valence-corrected chi connectivity index (χ1v) is 24.4. The van der Waals surface area contributed by atoms with Crippen molar-refractivity contribution in [3.05, 3.63) is 140 Å². The minimum Gasteiger partial charge on any atom is -0.505 e. The molecule has 4 radical (unpaired) electrons. The summed E-state index contributed by atoms with van der Waals surface area (Å²) in [6.07, 6.45) is 0. The van der Waals surface area contributed by atoms with Crippen molar-refractivity contribution in [1.29, 1.82) is 0 Å². The Morgan fingerprint density at radius 1 is 0.357 bits per heavy atom. The Balaban J connectivity index is 0.00000266. The molecule has 8 aromatic rings. The number of rotatable bonds is 12. The normalized spacial score (nSPS) is 12.2. The number of benzene rings is 8. The second kappa shape index (κ2) is 23.6. The summed E-state index contributed by atoms with van der Waals surface area (Å²) in [5.41, 5.74) is 0.501. The molecular formula is C42H29N7Na4O13S4. The average molecular weight is 1060 g/mol. The van der Waals surface area contributed by atoms with Crippen LogP contribution in [-0.4, -0.2) is 175 Å². The molecule has 0 fully saturated rings. The summed E-state index contributed by atoms with van der Waals surface area (Å²) in [7, 11) is -19.5. The monoisotopic (exact) mass is 1060 g/mol. The molecule has 338 valence electrons. The van der Waals surface area contributed by atoms with Crippen molar-refractivity contribution >= 4 is 237 Å². The molecule has 0 unspecified atom stereocenters. The van der Waals surface area contributed by atoms with E-state index in [2.05, 4.69) is 36.0 Å². The first kappa shape index (κ1) is 59.1. The Hall–Kier alpha value is -3.42. The molecule has 0 spiro atoms. The molecule has 0 bridgehead atoms. The van der Waals surface area contributed by atoms with Crippen molar-refractivity contribution in [1.82, 2.24) is 0 Å². The van der Waals surface area contributed by atoms with Crippen molar-refractivity contribution < 1.29 is 57.0 Å². The quantitative estimate of drug-likeness (QED) is 0.0377. The van der Waals surface area contributed by atoms with Crippen LogP contribution >= 0.6 is 0 Å². The Bertz CT molecular complexity index is 3890. The van der Waals surface area contributed by atoms with Gasteiger partial charge in [0.25, 0.3) is 40.5 Å². The number of phenols is 1. The van der Waals surface area contributed by atoms with Gasteiger partial charge in [-0.3, -0.25) is 18.2 Å². The van der Waals surface area contributed by atoms with Crippen molar-refractivity contribution in [3.63, 3.8) is 0 Å². The van der Waals surface area contributed by atoms with E-state index in [-0.39, 0.29) is 163 Å². The van der Waals surface area contributed by atoms with Crippen LogP contribution in [0.15, 0.2) is 190 Å². The molecule has 0 aliphatic carbocycles. The van der Waals surface area contributed by atoms with Gasteiger partial charge in [0.1, 0.15) is 21.2 Å². The predicted octanol–water partition coefficient (Wildman–Crippen LogP) is 9.31. The van der Waals surface area contributed by atoms with Crippen LogP contribution in [0, 0.1) is 0 Å². The van der Waals surface area contributed by atoms with Gasteiger partial charge in [0.2, 0.25) is 0 Å². The molecule has 28 heteroatoms. The van der Waals surface area contributed by atoms with E-state index in [1.54, 1.807) is 36.4 Å². The van der Waals surface area contributed by atoms with Gasteiger partial charge in [0, 0.05) is 157 Å². The van der Waals surface area contributed by atoms with Gasteiger partial charge in [-0.05, 0) is 96.4 Å². The zero-order valence-electron chi connectivity index (χ0n) is 37.1. The molecule has 0 heterocycles. The Morgan fingerprint density at radius 3 is 1.33 bits per heavy atom. The first-order chi connectivity index (χ1) is 31.1. The molecule has 0 saturated carbocycles. The van der Waals surface area contributed by atoms with Crippen LogP contribution in [0.5, 0.6) is 5.75 Å². The van der Waals surface area contributed by atoms with Crippen LogP contribution in [0.2, 0.25) is 0 Å². The van der Waals surface area contributed by atoms with E-state index >= 15 is 0 Å². The van der Waals surface area contributed by atoms with Crippen molar-refractivity contribution in [2.45, 2.75) is 19.6 Å². The number of fused-ring (bicyclic) bond motifs is 3. The van der Waals surface area contributed by atoms with E-state index in [4.69, 9.17) is 0 Å². The molecule has 0 aliphatic heterocycles. The maximum absolute atomic E-state index is 12.7. The number of nitrogens with zero attached hydrogens (tertiary/aromatic N) is 6. The fourth-order valence-electron chi connectivity index (χ4n) is 6.76. The minimum atomic E-state index is -5.00. The molecule has 6 N–H and O–H groups in total. The molecular weight excluding hydrogens is 1030 g/mol. The molecule has 20 nitrogen and oxygen atoms in total. The number of anilines is 2. The van der Waals surface area contributed by atoms with Gasteiger partial charge < -0.3 is 10.4 Å². The third kappa shape index (κ3) is 13.4. The van der Waals surface area contributed by atoms with Crippen LogP contribution in [0.1, 0.15) is 0 Å². The number of hydrogen-bond acceptors (Lipinski definition) is 16. The second-order valence-corrected chi connectivity index (χ2v) is 19.7. The first-order valence-electron chi connectivity index (χ1n) is 18.6. The van der Waals surface area contributed by atoms with E-state index < -0.39 is 77.2 Å². The topological polar surface area (TPSA) is 324 Å². The summed E-state index contributed by atoms with van der Waals surface area (Å²) in [6, 6.07) is 32.8. The van der Waals surface area contributed by atoms with Gasteiger partial charge >= 0.3 is 0 Å². The maximum atomic E-state index is 12.7. The zero-order valence-corrected chi connectivity index (χ0v) is 48.4. The van der Waals surface area contributed by atoms with Crippen LogP contribution in [0.3, 0.4) is 0 Å². The molecule has 8 rings (SSSR count). The fraction of sp³-hybridized carbons (Fsp3) is 0. The number of para-hydroxylation sites is 1. The van der Waals surface area contributed by atoms with Gasteiger partial charge in [-0.25, -0.2) is 0 Å². The van der Waals surface area contributed by atoms with Gasteiger partial charge in [-0.15, -0.1) is 30.7 Å². The molecule has 8 aromatic carbocycles. The van der Waals surface area contributed by atoms with Crippen LogP contribution in [-0.2, 0) is 40.5 Å². The average Bonchev–Trinajstić information content (AvgIpc) is 3.26. The number of nitrogens with one attached hydrogen (secondary N) is 1. The summed E-state index contributed by atoms with van der Waals surface area (Å²) in [5, 5.41) is 40.8. The molecule has 70 heavy (non-hydrogen) atoms. The van der Waals surface area contributed by atoms with Crippen molar-refractivity contribution in [2.75, 3.05) is 5.32 Å². The number of phenolic OH excluding ortho intramolecular Hbond substituents is 1. The fourth-order valence-corrected chi connectivity index (χ4v) is 9.03. The summed E-state index contributed by atoms with van der Waals surface area (Å²) < 4.78 is 137. The van der Waals surface area contributed by atoms with Crippen molar-refractivity contribution in [3.8, 4) is 5.75 Å². The van der Waals surface area contributed by atoms with Gasteiger partial charge in [0.05, 0.1) is 32.5 Å². The number of hydrogen-bond donors (Lipinski definition) is 6. The molecule has 0 saturated heterocycles. The largest absolute Gasteiger partial charge is 0.505 e. The smallest absolute Gasteiger partial charge is 0.296 e. The van der Waals surface area contributed by atoms with E-state index in [0.29, 0.717) is 22.5 Å². The SMILES string of the molecule is O=S(=O)(O)c1ccc(S(=O)(=O)O)c(N=Nc2ccc(N=Nc3ccc(N=Nc4c(S(=O)(=O)O)cc5cc(Nc6ccccc6)ccc5c4O)c4ccc(S(=O)(=O)O)cc34)c3ccccc23)c1.[Na].[Na].[Na].[Na]. The van der Waals surface area contributed by atoms with E-state index in [0.717, 1.165) is 36.0 Å². The number of azo groups is 3.